The molecule has 2 rings (SSSR count). The van der Waals surface area contributed by atoms with Gasteiger partial charge in [-0.25, -0.2) is 9.59 Å². The molecule has 0 N–H and O–H groups in total. The van der Waals surface area contributed by atoms with E-state index in [1.165, 1.54) is 6.08 Å². The number of benzene rings is 2. The molecule has 0 radical (unpaired) electrons. The van der Waals surface area contributed by atoms with E-state index in [0.29, 0.717) is 5.56 Å². The average molecular weight is 338 g/mol. The lowest BCUT2D eigenvalue weighted by Gasteiger charge is -2.19. The van der Waals surface area contributed by atoms with Gasteiger partial charge in [0.05, 0.1) is 5.56 Å². The molecule has 0 unspecified atom stereocenters. The van der Waals surface area contributed by atoms with Gasteiger partial charge in [-0.3, -0.25) is 0 Å². The van der Waals surface area contributed by atoms with Crippen molar-refractivity contribution < 1.29 is 19.1 Å². The van der Waals surface area contributed by atoms with Crippen LogP contribution in [-0.2, 0) is 20.9 Å². The predicted octanol–water partition coefficient (Wildman–Crippen LogP) is 4.40. The van der Waals surface area contributed by atoms with Crippen molar-refractivity contribution in [1.82, 2.24) is 0 Å². The van der Waals surface area contributed by atoms with Crippen LogP contribution >= 0.6 is 0 Å². The molecule has 0 aliphatic rings. The maximum absolute atomic E-state index is 12.1. The minimum absolute atomic E-state index is 0.224. The van der Waals surface area contributed by atoms with E-state index in [1.54, 1.807) is 30.3 Å². The summed E-state index contributed by atoms with van der Waals surface area (Å²) in [5.41, 5.74) is 1.54. The Balaban J connectivity index is 1.95. The lowest BCUT2D eigenvalue weighted by Crippen LogP contribution is -2.23. The van der Waals surface area contributed by atoms with Gasteiger partial charge in [0, 0.05) is 6.08 Å². The first-order valence-corrected chi connectivity index (χ1v) is 8.06. The van der Waals surface area contributed by atoms with Crippen LogP contribution in [0, 0.1) is 0 Å². The molecule has 0 aliphatic carbocycles. The zero-order chi connectivity index (χ0) is 18.3. The summed E-state index contributed by atoms with van der Waals surface area (Å²) >= 11 is 0. The van der Waals surface area contributed by atoms with Gasteiger partial charge in [-0.1, -0.05) is 42.5 Å². The molecule has 0 aliphatic heterocycles. The number of ether oxygens (including phenoxy) is 2. The van der Waals surface area contributed by atoms with Gasteiger partial charge >= 0.3 is 11.9 Å². The first kappa shape index (κ1) is 18.5. The molecule has 2 aromatic rings. The molecule has 0 heterocycles. The summed E-state index contributed by atoms with van der Waals surface area (Å²) < 4.78 is 10.5. The zero-order valence-corrected chi connectivity index (χ0v) is 14.7. The second kappa shape index (κ2) is 8.29. The summed E-state index contributed by atoms with van der Waals surface area (Å²) in [5.74, 6) is -0.832. The van der Waals surface area contributed by atoms with Crippen molar-refractivity contribution in [2.24, 2.45) is 0 Å². The van der Waals surface area contributed by atoms with Gasteiger partial charge in [-0.05, 0) is 50.1 Å². The van der Waals surface area contributed by atoms with Crippen molar-refractivity contribution in [1.29, 1.82) is 0 Å². The van der Waals surface area contributed by atoms with Gasteiger partial charge in [-0.15, -0.1) is 0 Å². The van der Waals surface area contributed by atoms with E-state index in [1.807, 2.05) is 51.1 Å². The summed E-state index contributed by atoms with van der Waals surface area (Å²) in [6, 6.07) is 16.4. The Morgan fingerprint density at radius 2 is 1.72 bits per heavy atom. The van der Waals surface area contributed by atoms with E-state index < -0.39 is 17.5 Å². The number of carbonyl (C=O) groups excluding carboxylic acids is 2. The Morgan fingerprint density at radius 1 is 1.00 bits per heavy atom. The molecule has 4 heteroatoms. The molecule has 0 bridgehead atoms. The fourth-order valence-electron chi connectivity index (χ4n) is 2.05. The van der Waals surface area contributed by atoms with Crippen molar-refractivity contribution >= 4 is 18.0 Å². The Morgan fingerprint density at radius 3 is 2.40 bits per heavy atom. The maximum atomic E-state index is 12.1. The highest BCUT2D eigenvalue weighted by molar-refractivity contribution is 5.91. The van der Waals surface area contributed by atoms with Crippen LogP contribution in [0.25, 0.3) is 6.08 Å². The topological polar surface area (TPSA) is 52.6 Å². The van der Waals surface area contributed by atoms with Crippen LogP contribution in [0.15, 0.2) is 60.7 Å². The van der Waals surface area contributed by atoms with Crippen LogP contribution in [0.2, 0.25) is 0 Å². The van der Waals surface area contributed by atoms with Crippen molar-refractivity contribution in [3.63, 3.8) is 0 Å². The van der Waals surface area contributed by atoms with E-state index in [2.05, 4.69) is 0 Å². The first-order valence-electron chi connectivity index (χ1n) is 8.06. The first-order chi connectivity index (χ1) is 11.8. The highest BCUT2D eigenvalue weighted by atomic mass is 16.6. The number of esters is 2. The molecular weight excluding hydrogens is 316 g/mol. The van der Waals surface area contributed by atoms with Crippen LogP contribution in [0.1, 0.15) is 42.3 Å². The number of hydrogen-bond donors (Lipinski definition) is 0. The van der Waals surface area contributed by atoms with Gasteiger partial charge in [0.25, 0.3) is 0 Å². The van der Waals surface area contributed by atoms with Gasteiger partial charge in [0.1, 0.15) is 12.2 Å². The molecule has 130 valence electrons. The van der Waals surface area contributed by atoms with E-state index in [9.17, 15) is 9.59 Å². The number of rotatable bonds is 5. The molecule has 25 heavy (non-hydrogen) atoms. The summed E-state index contributed by atoms with van der Waals surface area (Å²) in [7, 11) is 0. The highest BCUT2D eigenvalue weighted by Gasteiger charge is 2.17. The number of hydrogen-bond acceptors (Lipinski definition) is 4. The monoisotopic (exact) mass is 338 g/mol. The van der Waals surface area contributed by atoms with E-state index in [-0.39, 0.29) is 6.61 Å². The van der Waals surface area contributed by atoms with Gasteiger partial charge in [-0.2, -0.15) is 0 Å². The lowest BCUT2D eigenvalue weighted by molar-refractivity contribution is -0.138. The van der Waals surface area contributed by atoms with E-state index in [0.717, 1.165) is 11.1 Å². The summed E-state index contributed by atoms with van der Waals surface area (Å²) in [6.07, 6.45) is 2.96. The quantitative estimate of drug-likeness (QED) is 0.599. The Hall–Kier alpha value is -2.88. The molecule has 0 amide bonds. The SMILES string of the molecule is CC(C)(C)OC(=O)c1cccc(C=CC(=O)OCc2ccccc2)c1. The molecule has 4 nitrogen and oxygen atoms in total. The molecule has 0 saturated heterocycles. The summed E-state index contributed by atoms with van der Waals surface area (Å²) in [6.45, 7) is 5.67. The van der Waals surface area contributed by atoms with E-state index in [4.69, 9.17) is 9.47 Å². The lowest BCUT2D eigenvalue weighted by atomic mass is 10.1. The molecule has 2 aromatic carbocycles. The van der Waals surface area contributed by atoms with Crippen LogP contribution in [0.4, 0.5) is 0 Å². The van der Waals surface area contributed by atoms with Gasteiger partial charge in [0.2, 0.25) is 0 Å². The van der Waals surface area contributed by atoms with Crippen molar-refractivity contribution in [2.75, 3.05) is 0 Å². The molecule has 0 atom stereocenters. The van der Waals surface area contributed by atoms with Crippen LogP contribution in [0.5, 0.6) is 0 Å². The fraction of sp³-hybridized carbons (Fsp3) is 0.238. The largest absolute Gasteiger partial charge is 0.458 e. The minimum Gasteiger partial charge on any atom is -0.458 e. The normalized spacial score (nSPS) is 11.3. The molecule has 0 fully saturated rings. The van der Waals surface area contributed by atoms with Gasteiger partial charge < -0.3 is 9.47 Å². The third-order valence-electron chi connectivity index (χ3n) is 3.16. The molecule has 0 spiro atoms. The minimum atomic E-state index is -0.551. The van der Waals surface area contributed by atoms with Gasteiger partial charge in [0.15, 0.2) is 0 Å². The average Bonchev–Trinajstić information content (AvgIpc) is 2.58. The van der Waals surface area contributed by atoms with E-state index >= 15 is 0 Å². The second-order valence-electron chi connectivity index (χ2n) is 6.55. The third-order valence-corrected chi connectivity index (χ3v) is 3.16. The smallest absolute Gasteiger partial charge is 0.338 e. The standard InChI is InChI=1S/C21H22O4/c1-21(2,3)25-20(23)18-11-7-10-16(14-18)12-13-19(22)24-15-17-8-5-4-6-9-17/h4-14H,15H2,1-3H3. The Kier molecular flexibility index (Phi) is 6.12. The molecule has 0 saturated carbocycles. The fourth-order valence-corrected chi connectivity index (χ4v) is 2.05. The zero-order valence-electron chi connectivity index (χ0n) is 14.7. The van der Waals surface area contributed by atoms with Crippen molar-refractivity contribution in [3.05, 3.63) is 77.4 Å². The third kappa shape index (κ3) is 6.63. The van der Waals surface area contributed by atoms with Crippen LogP contribution < -0.4 is 0 Å². The van der Waals surface area contributed by atoms with Crippen LogP contribution in [0.3, 0.4) is 0 Å². The highest BCUT2D eigenvalue weighted by Crippen LogP contribution is 2.14. The predicted molar refractivity (Wildman–Crippen MR) is 96.9 cm³/mol. The summed E-state index contributed by atoms with van der Waals surface area (Å²) in [5, 5.41) is 0. The van der Waals surface area contributed by atoms with Crippen LogP contribution in [-0.4, -0.2) is 17.5 Å². The Labute approximate surface area is 148 Å². The second-order valence-corrected chi connectivity index (χ2v) is 6.55. The Bertz CT molecular complexity index is 755. The number of carbonyl (C=O) groups is 2. The molecule has 0 aromatic heterocycles. The van der Waals surface area contributed by atoms with Crippen molar-refractivity contribution in [3.8, 4) is 0 Å². The summed E-state index contributed by atoms with van der Waals surface area (Å²) in [4.78, 5) is 23.9. The van der Waals surface area contributed by atoms with Crippen molar-refractivity contribution in [2.45, 2.75) is 33.0 Å². The maximum Gasteiger partial charge on any atom is 0.338 e. The molecular formula is C21H22O4.